The van der Waals surface area contributed by atoms with Gasteiger partial charge in [0.25, 0.3) is 0 Å². The lowest BCUT2D eigenvalue weighted by atomic mass is 10.0. The van der Waals surface area contributed by atoms with E-state index in [1.54, 1.807) is 12.1 Å². The molecule has 5 heteroatoms. The molecular weight excluding hydrogens is 260 g/mol. The molecule has 0 aromatic heterocycles. The standard InChI is InChI=1S/C14H18N2O2S/c17-19(18,16-13-4-2-1-3-5-13)14-7-6-11-9-15-10-12(11)8-14/h1-2,6-8,13,15-16H,3-5,9-10H2. The van der Waals surface area contributed by atoms with Crippen LogP contribution < -0.4 is 10.0 Å². The summed E-state index contributed by atoms with van der Waals surface area (Å²) in [6, 6.07) is 5.43. The number of rotatable bonds is 3. The number of nitrogens with one attached hydrogen (secondary N) is 2. The van der Waals surface area contributed by atoms with Gasteiger partial charge in [0.05, 0.1) is 4.90 Å². The molecule has 1 aliphatic heterocycles. The third-order valence-electron chi connectivity index (χ3n) is 3.71. The van der Waals surface area contributed by atoms with E-state index < -0.39 is 10.0 Å². The van der Waals surface area contributed by atoms with Gasteiger partial charge in [-0.1, -0.05) is 18.2 Å². The van der Waals surface area contributed by atoms with Gasteiger partial charge in [-0.05, 0) is 42.5 Å². The molecule has 1 atom stereocenters. The van der Waals surface area contributed by atoms with E-state index in [1.807, 2.05) is 12.1 Å². The van der Waals surface area contributed by atoms with Crippen molar-refractivity contribution < 1.29 is 8.42 Å². The molecule has 1 aromatic carbocycles. The minimum Gasteiger partial charge on any atom is -0.309 e. The normalized spacial score (nSPS) is 22.4. The van der Waals surface area contributed by atoms with Crippen molar-refractivity contribution in [1.82, 2.24) is 10.0 Å². The summed E-state index contributed by atoms with van der Waals surface area (Å²) in [6.07, 6.45) is 6.75. The number of allylic oxidation sites excluding steroid dienone is 1. The minimum absolute atomic E-state index is 0.0291. The smallest absolute Gasteiger partial charge is 0.240 e. The van der Waals surface area contributed by atoms with Crippen LogP contribution in [0.5, 0.6) is 0 Å². The fraction of sp³-hybridized carbons (Fsp3) is 0.429. The van der Waals surface area contributed by atoms with Crippen LogP contribution >= 0.6 is 0 Å². The highest BCUT2D eigenvalue weighted by Gasteiger charge is 2.22. The number of hydrogen-bond acceptors (Lipinski definition) is 3. The van der Waals surface area contributed by atoms with Crippen LogP contribution in [0.1, 0.15) is 30.4 Å². The number of fused-ring (bicyclic) bond motifs is 1. The molecule has 4 nitrogen and oxygen atoms in total. The molecule has 2 N–H and O–H groups in total. The molecule has 0 fully saturated rings. The molecule has 0 saturated carbocycles. The predicted octanol–water partition coefficient (Wildman–Crippen LogP) is 1.68. The molecule has 1 aliphatic carbocycles. The fourth-order valence-electron chi connectivity index (χ4n) is 2.63. The summed E-state index contributed by atoms with van der Waals surface area (Å²) in [7, 11) is -3.39. The Labute approximate surface area is 114 Å². The van der Waals surface area contributed by atoms with Gasteiger partial charge in [0.15, 0.2) is 0 Å². The van der Waals surface area contributed by atoms with Crippen LogP contribution in [-0.2, 0) is 23.1 Å². The molecule has 1 aromatic rings. The highest BCUT2D eigenvalue weighted by molar-refractivity contribution is 7.89. The van der Waals surface area contributed by atoms with Gasteiger partial charge in [0.2, 0.25) is 10.0 Å². The van der Waals surface area contributed by atoms with Crippen LogP contribution in [0.3, 0.4) is 0 Å². The third-order valence-corrected chi connectivity index (χ3v) is 5.23. The zero-order valence-corrected chi connectivity index (χ0v) is 11.5. The monoisotopic (exact) mass is 278 g/mol. The first-order valence-corrected chi connectivity index (χ1v) is 8.13. The first-order chi connectivity index (χ1) is 9.15. The van der Waals surface area contributed by atoms with Crippen LogP contribution in [0, 0.1) is 0 Å². The first kappa shape index (κ1) is 12.8. The lowest BCUT2D eigenvalue weighted by molar-refractivity contribution is 0.522. The third kappa shape index (κ3) is 2.73. The molecule has 3 rings (SSSR count). The summed E-state index contributed by atoms with van der Waals surface area (Å²) in [6.45, 7) is 1.58. The van der Waals surface area contributed by atoms with Crippen molar-refractivity contribution in [1.29, 1.82) is 0 Å². The summed E-state index contributed by atoms with van der Waals surface area (Å²) < 4.78 is 27.5. The van der Waals surface area contributed by atoms with E-state index in [0.717, 1.165) is 37.9 Å². The van der Waals surface area contributed by atoms with E-state index in [4.69, 9.17) is 0 Å². The Kier molecular flexibility index (Phi) is 3.43. The maximum absolute atomic E-state index is 12.3. The quantitative estimate of drug-likeness (QED) is 0.827. The van der Waals surface area contributed by atoms with E-state index in [1.165, 1.54) is 5.56 Å². The van der Waals surface area contributed by atoms with E-state index in [9.17, 15) is 8.42 Å². The largest absolute Gasteiger partial charge is 0.309 e. The van der Waals surface area contributed by atoms with Gasteiger partial charge in [-0.3, -0.25) is 0 Å². The molecule has 0 saturated heterocycles. The second-order valence-corrected chi connectivity index (χ2v) is 6.85. The van der Waals surface area contributed by atoms with E-state index in [2.05, 4.69) is 16.1 Å². The van der Waals surface area contributed by atoms with Crippen LogP contribution in [-0.4, -0.2) is 14.5 Å². The van der Waals surface area contributed by atoms with Crippen molar-refractivity contribution in [2.75, 3.05) is 0 Å². The Morgan fingerprint density at radius 3 is 2.79 bits per heavy atom. The molecule has 0 radical (unpaired) electrons. The van der Waals surface area contributed by atoms with Crippen LogP contribution in [0.25, 0.3) is 0 Å². The van der Waals surface area contributed by atoms with E-state index >= 15 is 0 Å². The highest BCUT2D eigenvalue weighted by atomic mass is 32.2. The SMILES string of the molecule is O=S(=O)(NC1CC=CCC1)c1ccc2c(c1)CNC2. The van der Waals surface area contributed by atoms with Gasteiger partial charge < -0.3 is 5.32 Å². The zero-order valence-electron chi connectivity index (χ0n) is 10.7. The van der Waals surface area contributed by atoms with Gasteiger partial charge in [0.1, 0.15) is 0 Å². The fourth-order valence-corrected chi connectivity index (χ4v) is 3.96. The Morgan fingerprint density at radius 2 is 2.00 bits per heavy atom. The Morgan fingerprint density at radius 1 is 1.16 bits per heavy atom. The van der Waals surface area contributed by atoms with Crippen molar-refractivity contribution in [2.24, 2.45) is 0 Å². The van der Waals surface area contributed by atoms with Crippen molar-refractivity contribution in [3.05, 3.63) is 41.5 Å². The second kappa shape index (κ2) is 5.07. The number of sulfonamides is 1. The lowest BCUT2D eigenvalue weighted by Crippen LogP contribution is -2.35. The summed E-state index contributed by atoms with van der Waals surface area (Å²) in [5, 5.41) is 3.22. The Bertz CT molecular complexity index is 608. The number of benzene rings is 1. The predicted molar refractivity (Wildman–Crippen MR) is 74.1 cm³/mol. The van der Waals surface area contributed by atoms with Gasteiger partial charge in [-0.25, -0.2) is 13.1 Å². The maximum Gasteiger partial charge on any atom is 0.240 e. The average Bonchev–Trinajstić information content (AvgIpc) is 2.86. The first-order valence-electron chi connectivity index (χ1n) is 6.65. The molecule has 102 valence electrons. The van der Waals surface area contributed by atoms with E-state index in [0.29, 0.717) is 4.90 Å². The summed E-state index contributed by atoms with van der Waals surface area (Å²) in [5.41, 5.74) is 2.28. The van der Waals surface area contributed by atoms with Crippen LogP contribution in [0.2, 0.25) is 0 Å². The summed E-state index contributed by atoms with van der Waals surface area (Å²) >= 11 is 0. The Balaban J connectivity index is 1.81. The topological polar surface area (TPSA) is 58.2 Å². The second-order valence-electron chi connectivity index (χ2n) is 5.14. The molecule has 2 aliphatic rings. The summed E-state index contributed by atoms with van der Waals surface area (Å²) in [4.78, 5) is 0.379. The molecular formula is C14H18N2O2S. The van der Waals surface area contributed by atoms with Crippen LogP contribution in [0.15, 0.2) is 35.2 Å². The number of hydrogen-bond donors (Lipinski definition) is 2. The van der Waals surface area contributed by atoms with Crippen molar-refractivity contribution >= 4 is 10.0 Å². The highest BCUT2D eigenvalue weighted by Crippen LogP contribution is 2.21. The van der Waals surface area contributed by atoms with Gasteiger partial charge in [-0.15, -0.1) is 0 Å². The van der Waals surface area contributed by atoms with Gasteiger partial charge >= 0.3 is 0 Å². The average molecular weight is 278 g/mol. The lowest BCUT2D eigenvalue weighted by Gasteiger charge is -2.19. The summed E-state index contributed by atoms with van der Waals surface area (Å²) in [5.74, 6) is 0. The molecule has 0 amide bonds. The molecule has 19 heavy (non-hydrogen) atoms. The van der Waals surface area contributed by atoms with Crippen molar-refractivity contribution in [3.63, 3.8) is 0 Å². The molecule has 1 unspecified atom stereocenters. The Hall–Kier alpha value is -1.17. The molecule has 0 spiro atoms. The van der Waals surface area contributed by atoms with Crippen molar-refractivity contribution in [3.8, 4) is 0 Å². The van der Waals surface area contributed by atoms with Gasteiger partial charge in [-0.2, -0.15) is 0 Å². The minimum atomic E-state index is -3.39. The van der Waals surface area contributed by atoms with Gasteiger partial charge in [0, 0.05) is 19.1 Å². The van der Waals surface area contributed by atoms with Crippen LogP contribution in [0.4, 0.5) is 0 Å². The molecule has 1 heterocycles. The molecule has 0 bridgehead atoms. The zero-order chi connectivity index (χ0) is 13.3. The van der Waals surface area contributed by atoms with E-state index in [-0.39, 0.29) is 6.04 Å². The van der Waals surface area contributed by atoms with Crippen molar-refractivity contribution in [2.45, 2.75) is 43.3 Å². The maximum atomic E-state index is 12.3.